The third-order valence-electron chi connectivity index (χ3n) is 5.00. The Morgan fingerprint density at radius 1 is 1.18 bits per heavy atom. The highest BCUT2D eigenvalue weighted by molar-refractivity contribution is 5.85. The number of carbonyl (C=O) groups is 1. The van der Waals surface area contributed by atoms with Crippen LogP contribution in [0.1, 0.15) is 29.9 Å². The van der Waals surface area contributed by atoms with Crippen LogP contribution in [0.2, 0.25) is 0 Å². The van der Waals surface area contributed by atoms with Crippen LogP contribution in [0.25, 0.3) is 0 Å². The molecule has 4 nitrogen and oxygen atoms in total. The van der Waals surface area contributed by atoms with Crippen LogP contribution in [0.4, 0.5) is 8.78 Å². The molecule has 2 N–H and O–H groups in total. The summed E-state index contributed by atoms with van der Waals surface area (Å²) in [5.41, 5.74) is 1.78. The minimum absolute atomic E-state index is 0. The predicted molar refractivity (Wildman–Crippen MR) is 107 cm³/mol. The molecule has 1 aliphatic rings. The lowest BCUT2D eigenvalue weighted by molar-refractivity contribution is -0.122. The SMILES string of the molecule is COc1ccc(CCC(=O)NC2CNCCC2c2ccc(F)c(F)c2)cc1.Cl. The summed E-state index contributed by atoms with van der Waals surface area (Å²) in [6, 6.07) is 11.5. The average Bonchev–Trinajstić information content (AvgIpc) is 2.69. The molecule has 0 aliphatic carbocycles. The van der Waals surface area contributed by atoms with Gasteiger partial charge in [-0.1, -0.05) is 18.2 Å². The zero-order chi connectivity index (χ0) is 19.2. The van der Waals surface area contributed by atoms with Gasteiger partial charge >= 0.3 is 0 Å². The third-order valence-corrected chi connectivity index (χ3v) is 5.00. The molecule has 1 amide bonds. The largest absolute Gasteiger partial charge is 0.497 e. The molecule has 1 fully saturated rings. The van der Waals surface area contributed by atoms with Gasteiger partial charge < -0.3 is 15.4 Å². The Morgan fingerprint density at radius 3 is 2.61 bits per heavy atom. The van der Waals surface area contributed by atoms with Gasteiger partial charge in [-0.25, -0.2) is 8.78 Å². The van der Waals surface area contributed by atoms with Crippen LogP contribution in [0.5, 0.6) is 5.75 Å². The van der Waals surface area contributed by atoms with Gasteiger partial charge in [-0.15, -0.1) is 12.4 Å². The highest BCUT2D eigenvalue weighted by atomic mass is 35.5. The Hall–Kier alpha value is -2.18. The van der Waals surface area contributed by atoms with Gasteiger partial charge in [0.2, 0.25) is 5.91 Å². The van der Waals surface area contributed by atoms with Crippen molar-refractivity contribution in [2.75, 3.05) is 20.2 Å². The van der Waals surface area contributed by atoms with E-state index in [-0.39, 0.29) is 30.3 Å². The van der Waals surface area contributed by atoms with Crippen molar-refractivity contribution in [2.24, 2.45) is 0 Å². The van der Waals surface area contributed by atoms with Crippen molar-refractivity contribution in [2.45, 2.75) is 31.2 Å². The van der Waals surface area contributed by atoms with Crippen LogP contribution in [0.3, 0.4) is 0 Å². The van der Waals surface area contributed by atoms with E-state index >= 15 is 0 Å². The quantitative estimate of drug-likeness (QED) is 0.765. The van der Waals surface area contributed by atoms with Crippen LogP contribution < -0.4 is 15.4 Å². The molecule has 0 saturated carbocycles. The van der Waals surface area contributed by atoms with Crippen molar-refractivity contribution in [3.05, 3.63) is 65.2 Å². The first-order valence-corrected chi connectivity index (χ1v) is 9.15. The van der Waals surface area contributed by atoms with Crippen molar-refractivity contribution >= 4 is 18.3 Å². The normalized spacial score (nSPS) is 18.8. The second-order valence-electron chi connectivity index (χ2n) is 6.79. The number of halogens is 3. The highest BCUT2D eigenvalue weighted by Gasteiger charge is 2.28. The number of nitrogens with one attached hydrogen (secondary N) is 2. The summed E-state index contributed by atoms with van der Waals surface area (Å²) in [4.78, 5) is 12.4. The van der Waals surface area contributed by atoms with E-state index in [0.29, 0.717) is 19.4 Å². The van der Waals surface area contributed by atoms with E-state index in [4.69, 9.17) is 4.74 Å². The van der Waals surface area contributed by atoms with E-state index in [1.54, 1.807) is 13.2 Å². The lowest BCUT2D eigenvalue weighted by Gasteiger charge is -2.33. The lowest BCUT2D eigenvalue weighted by atomic mass is 9.86. The van der Waals surface area contributed by atoms with Gasteiger partial charge in [-0.3, -0.25) is 4.79 Å². The number of carbonyl (C=O) groups excluding carboxylic acids is 1. The number of amides is 1. The second-order valence-corrected chi connectivity index (χ2v) is 6.79. The number of piperidine rings is 1. The van der Waals surface area contributed by atoms with Gasteiger partial charge in [-0.05, 0) is 54.8 Å². The average molecular weight is 411 g/mol. The van der Waals surface area contributed by atoms with E-state index in [0.717, 1.165) is 35.9 Å². The first-order valence-electron chi connectivity index (χ1n) is 9.15. The standard InChI is InChI=1S/C21H24F2N2O2.ClH/c1-27-16-6-2-14(3-7-16)4-9-21(26)25-20-13-24-11-10-17(20)15-5-8-18(22)19(23)12-15;/h2-3,5-8,12,17,20,24H,4,9-11,13H2,1H3,(H,25,26);1H. The molecule has 1 aliphatic heterocycles. The number of methoxy groups -OCH3 is 1. The Morgan fingerprint density at radius 2 is 1.93 bits per heavy atom. The van der Waals surface area contributed by atoms with Crippen molar-refractivity contribution in [3.63, 3.8) is 0 Å². The molecule has 2 aromatic carbocycles. The van der Waals surface area contributed by atoms with Crippen molar-refractivity contribution in [1.29, 1.82) is 0 Å². The molecule has 28 heavy (non-hydrogen) atoms. The van der Waals surface area contributed by atoms with Gasteiger partial charge in [0.15, 0.2) is 11.6 Å². The summed E-state index contributed by atoms with van der Waals surface area (Å²) in [5.74, 6) is -1.01. The van der Waals surface area contributed by atoms with Crippen LogP contribution >= 0.6 is 12.4 Å². The molecule has 7 heteroatoms. The van der Waals surface area contributed by atoms with Gasteiger partial charge in [0, 0.05) is 24.9 Å². The first kappa shape index (κ1) is 22.1. The lowest BCUT2D eigenvalue weighted by Crippen LogP contribution is -2.50. The van der Waals surface area contributed by atoms with Crippen LogP contribution in [0.15, 0.2) is 42.5 Å². The second kappa shape index (κ2) is 10.4. The number of benzene rings is 2. The molecule has 0 radical (unpaired) electrons. The fraction of sp³-hybridized carbons (Fsp3) is 0.381. The van der Waals surface area contributed by atoms with Gasteiger partial charge in [0.05, 0.1) is 7.11 Å². The molecule has 3 rings (SSSR count). The van der Waals surface area contributed by atoms with E-state index in [1.807, 2.05) is 24.3 Å². The van der Waals surface area contributed by atoms with E-state index in [1.165, 1.54) is 6.07 Å². The van der Waals surface area contributed by atoms with E-state index in [2.05, 4.69) is 10.6 Å². The Kier molecular flexibility index (Phi) is 8.20. The minimum Gasteiger partial charge on any atom is -0.497 e. The first-order chi connectivity index (χ1) is 13.1. The number of aryl methyl sites for hydroxylation is 1. The van der Waals surface area contributed by atoms with Gasteiger partial charge in [-0.2, -0.15) is 0 Å². The Bertz CT molecular complexity index is 786. The Labute approximate surface area is 170 Å². The molecule has 2 unspecified atom stereocenters. The summed E-state index contributed by atoms with van der Waals surface area (Å²) >= 11 is 0. The smallest absolute Gasteiger partial charge is 0.220 e. The molecule has 2 atom stereocenters. The minimum atomic E-state index is -0.854. The summed E-state index contributed by atoms with van der Waals surface area (Å²) in [6.07, 6.45) is 1.76. The molecule has 2 aromatic rings. The third kappa shape index (κ3) is 5.66. The molecule has 0 spiro atoms. The fourth-order valence-corrected chi connectivity index (χ4v) is 3.48. The topological polar surface area (TPSA) is 50.4 Å². The number of rotatable bonds is 6. The monoisotopic (exact) mass is 410 g/mol. The van der Waals surface area contributed by atoms with Gasteiger partial charge in [0.25, 0.3) is 0 Å². The molecule has 0 aromatic heterocycles. The number of hydrogen-bond acceptors (Lipinski definition) is 3. The predicted octanol–water partition coefficient (Wildman–Crippen LogP) is 3.59. The zero-order valence-corrected chi connectivity index (χ0v) is 16.5. The van der Waals surface area contributed by atoms with Gasteiger partial charge in [0.1, 0.15) is 5.75 Å². The molecule has 0 bridgehead atoms. The summed E-state index contributed by atoms with van der Waals surface area (Å²) in [5, 5.41) is 6.31. The van der Waals surface area contributed by atoms with E-state index in [9.17, 15) is 13.6 Å². The molecule has 1 heterocycles. The maximum Gasteiger partial charge on any atom is 0.220 e. The number of ether oxygens (including phenoxy) is 1. The van der Waals surface area contributed by atoms with Crippen LogP contribution in [-0.4, -0.2) is 32.1 Å². The summed E-state index contributed by atoms with van der Waals surface area (Å²) < 4.78 is 31.9. The van der Waals surface area contributed by atoms with Crippen molar-refractivity contribution in [3.8, 4) is 5.75 Å². The summed E-state index contributed by atoms with van der Waals surface area (Å²) in [6.45, 7) is 1.39. The zero-order valence-electron chi connectivity index (χ0n) is 15.7. The molecule has 152 valence electrons. The fourth-order valence-electron chi connectivity index (χ4n) is 3.48. The molecular weight excluding hydrogens is 386 g/mol. The molecule has 1 saturated heterocycles. The Balaban J connectivity index is 0.00000280. The van der Waals surface area contributed by atoms with E-state index < -0.39 is 11.6 Å². The van der Waals surface area contributed by atoms with Crippen molar-refractivity contribution in [1.82, 2.24) is 10.6 Å². The number of hydrogen-bond donors (Lipinski definition) is 2. The maximum atomic E-state index is 13.6. The maximum absolute atomic E-state index is 13.6. The summed E-state index contributed by atoms with van der Waals surface area (Å²) in [7, 11) is 1.62. The van der Waals surface area contributed by atoms with Crippen molar-refractivity contribution < 1.29 is 18.3 Å². The highest BCUT2D eigenvalue weighted by Crippen LogP contribution is 2.27. The van der Waals surface area contributed by atoms with Crippen LogP contribution in [0, 0.1) is 11.6 Å². The molecular formula is C21H25ClF2N2O2. The van der Waals surface area contributed by atoms with Crippen LogP contribution in [-0.2, 0) is 11.2 Å².